The number of carbonyl (C=O) groups excluding carboxylic acids is 2. The van der Waals surface area contributed by atoms with E-state index in [1.54, 1.807) is 24.3 Å². The number of nitrogens with zero attached hydrogens (tertiary/aromatic N) is 1. The van der Waals surface area contributed by atoms with Gasteiger partial charge in [0.05, 0.1) is 23.7 Å². The number of hydrogen-bond donors (Lipinski definition) is 4. The number of amides is 2. The Hall–Kier alpha value is -4.07. The molecule has 0 radical (unpaired) electrons. The summed E-state index contributed by atoms with van der Waals surface area (Å²) in [4.78, 5) is 24.5. The molecule has 0 aliphatic rings. The second kappa shape index (κ2) is 7.87. The van der Waals surface area contributed by atoms with Gasteiger partial charge in [0.2, 0.25) is 0 Å². The molecule has 2 aromatic carbocycles. The SMILES string of the molecule is O=C(Nc1ccccc1C(=O)N/N=C/c1ccc(O)c(O)c1)c1ccco1. The van der Waals surface area contributed by atoms with Crippen LogP contribution in [0.3, 0.4) is 0 Å². The van der Waals surface area contributed by atoms with Crippen LogP contribution in [-0.4, -0.2) is 28.2 Å². The number of benzene rings is 2. The van der Waals surface area contributed by atoms with Crippen molar-refractivity contribution in [3.8, 4) is 11.5 Å². The number of rotatable bonds is 5. The first-order valence-corrected chi connectivity index (χ1v) is 7.84. The Morgan fingerprint density at radius 1 is 0.963 bits per heavy atom. The van der Waals surface area contributed by atoms with Crippen LogP contribution in [0.1, 0.15) is 26.5 Å². The first-order chi connectivity index (χ1) is 13.0. The highest BCUT2D eigenvalue weighted by atomic mass is 16.3. The number of hydrazone groups is 1. The molecular weight excluding hydrogens is 350 g/mol. The molecule has 3 aromatic rings. The molecular formula is C19H15N3O5. The molecule has 136 valence electrons. The number of anilines is 1. The zero-order chi connectivity index (χ0) is 19.2. The molecule has 8 nitrogen and oxygen atoms in total. The van der Waals surface area contributed by atoms with Gasteiger partial charge in [-0.05, 0) is 48.0 Å². The van der Waals surface area contributed by atoms with Gasteiger partial charge in [0, 0.05) is 0 Å². The Bertz CT molecular complexity index is 996. The summed E-state index contributed by atoms with van der Waals surface area (Å²) in [5, 5.41) is 25.1. The molecule has 1 aromatic heterocycles. The Kier molecular flexibility index (Phi) is 5.17. The molecule has 0 aliphatic heterocycles. The van der Waals surface area contributed by atoms with E-state index in [0.717, 1.165) is 0 Å². The van der Waals surface area contributed by atoms with Crippen LogP contribution in [-0.2, 0) is 0 Å². The standard InChI is InChI=1S/C19H15N3O5/c23-15-8-7-12(10-16(15)24)11-20-22-18(25)13-4-1-2-5-14(13)21-19(26)17-6-3-9-27-17/h1-11,23-24H,(H,21,26)(H,22,25)/b20-11+. The highest BCUT2D eigenvalue weighted by Crippen LogP contribution is 2.24. The van der Waals surface area contributed by atoms with Crippen LogP contribution >= 0.6 is 0 Å². The predicted molar refractivity (Wildman–Crippen MR) is 97.9 cm³/mol. The van der Waals surface area contributed by atoms with Gasteiger partial charge in [-0.3, -0.25) is 9.59 Å². The predicted octanol–water partition coefficient (Wildman–Crippen LogP) is 2.71. The van der Waals surface area contributed by atoms with E-state index in [0.29, 0.717) is 11.3 Å². The molecule has 0 saturated carbocycles. The molecule has 0 fully saturated rings. The molecule has 4 N–H and O–H groups in total. The molecule has 0 atom stereocenters. The Balaban J connectivity index is 1.70. The smallest absolute Gasteiger partial charge is 0.291 e. The number of carbonyl (C=O) groups is 2. The normalized spacial score (nSPS) is 10.7. The van der Waals surface area contributed by atoms with Crippen LogP contribution in [0.5, 0.6) is 11.5 Å². The van der Waals surface area contributed by atoms with Crippen molar-refractivity contribution in [1.29, 1.82) is 0 Å². The molecule has 8 heteroatoms. The summed E-state index contributed by atoms with van der Waals surface area (Å²) in [5.74, 6) is -1.45. The second-order valence-corrected chi connectivity index (χ2v) is 5.42. The molecule has 0 spiro atoms. The van der Waals surface area contributed by atoms with Crippen LogP contribution < -0.4 is 10.7 Å². The van der Waals surface area contributed by atoms with E-state index < -0.39 is 11.8 Å². The van der Waals surface area contributed by atoms with Crippen LogP contribution in [0.25, 0.3) is 0 Å². The summed E-state index contributed by atoms with van der Waals surface area (Å²) in [6.07, 6.45) is 2.68. The minimum Gasteiger partial charge on any atom is -0.504 e. The van der Waals surface area contributed by atoms with Crippen molar-refractivity contribution in [3.63, 3.8) is 0 Å². The topological polar surface area (TPSA) is 124 Å². The van der Waals surface area contributed by atoms with Crippen LogP contribution in [0.2, 0.25) is 0 Å². The summed E-state index contributed by atoms with van der Waals surface area (Å²) < 4.78 is 5.03. The fraction of sp³-hybridized carbons (Fsp3) is 0. The van der Waals surface area contributed by atoms with E-state index in [4.69, 9.17) is 4.42 Å². The van der Waals surface area contributed by atoms with Gasteiger partial charge in [-0.15, -0.1) is 0 Å². The number of furan rings is 1. The van der Waals surface area contributed by atoms with E-state index in [-0.39, 0.29) is 22.8 Å². The summed E-state index contributed by atoms with van der Waals surface area (Å²) in [6, 6.07) is 13.7. The fourth-order valence-corrected chi connectivity index (χ4v) is 2.23. The number of phenols is 2. The van der Waals surface area contributed by atoms with Gasteiger partial charge in [0.1, 0.15) is 0 Å². The van der Waals surface area contributed by atoms with Gasteiger partial charge >= 0.3 is 0 Å². The highest BCUT2D eigenvalue weighted by molar-refractivity contribution is 6.07. The Morgan fingerprint density at radius 3 is 2.52 bits per heavy atom. The van der Waals surface area contributed by atoms with Gasteiger partial charge in [-0.1, -0.05) is 12.1 Å². The van der Waals surface area contributed by atoms with E-state index in [9.17, 15) is 19.8 Å². The molecule has 0 unspecified atom stereocenters. The van der Waals surface area contributed by atoms with Crippen molar-refractivity contribution in [1.82, 2.24) is 5.43 Å². The van der Waals surface area contributed by atoms with Crippen LogP contribution in [0.4, 0.5) is 5.69 Å². The number of hydrogen-bond acceptors (Lipinski definition) is 6. The lowest BCUT2D eigenvalue weighted by atomic mass is 10.1. The minimum atomic E-state index is -0.537. The lowest BCUT2D eigenvalue weighted by Crippen LogP contribution is -2.21. The summed E-state index contributed by atoms with van der Waals surface area (Å²) >= 11 is 0. The third-order valence-corrected chi connectivity index (χ3v) is 3.54. The molecule has 0 bridgehead atoms. The maximum Gasteiger partial charge on any atom is 0.291 e. The average molecular weight is 365 g/mol. The van der Waals surface area contributed by atoms with E-state index >= 15 is 0 Å². The molecule has 27 heavy (non-hydrogen) atoms. The molecule has 0 saturated heterocycles. The second-order valence-electron chi connectivity index (χ2n) is 5.42. The number of phenolic OH excluding ortho intramolecular Hbond substituents is 2. The molecule has 3 rings (SSSR count). The monoisotopic (exact) mass is 365 g/mol. The summed E-state index contributed by atoms with van der Waals surface area (Å²) in [6.45, 7) is 0. The molecule has 2 amide bonds. The number of nitrogens with one attached hydrogen (secondary N) is 2. The maximum absolute atomic E-state index is 12.4. The van der Waals surface area contributed by atoms with Crippen LogP contribution in [0.15, 0.2) is 70.4 Å². The number of aromatic hydroxyl groups is 2. The first kappa shape index (κ1) is 17.7. The average Bonchev–Trinajstić information content (AvgIpc) is 3.20. The van der Waals surface area contributed by atoms with Gasteiger partial charge in [0.25, 0.3) is 11.8 Å². The zero-order valence-electron chi connectivity index (χ0n) is 13.9. The lowest BCUT2D eigenvalue weighted by molar-refractivity contribution is 0.0956. The zero-order valence-corrected chi connectivity index (χ0v) is 13.9. The van der Waals surface area contributed by atoms with Gasteiger partial charge in [-0.25, -0.2) is 5.43 Å². The van der Waals surface area contributed by atoms with Crippen molar-refractivity contribution in [2.75, 3.05) is 5.32 Å². The summed E-state index contributed by atoms with van der Waals surface area (Å²) in [7, 11) is 0. The van der Waals surface area contributed by atoms with Crippen molar-refractivity contribution < 1.29 is 24.2 Å². The lowest BCUT2D eigenvalue weighted by Gasteiger charge is -2.08. The fourth-order valence-electron chi connectivity index (χ4n) is 2.23. The van der Waals surface area contributed by atoms with E-state index in [1.165, 1.54) is 42.8 Å². The van der Waals surface area contributed by atoms with Crippen molar-refractivity contribution in [2.45, 2.75) is 0 Å². The molecule has 1 heterocycles. The summed E-state index contributed by atoms with van der Waals surface area (Å²) in [5.41, 5.74) is 3.33. The largest absolute Gasteiger partial charge is 0.504 e. The van der Waals surface area contributed by atoms with Crippen molar-refractivity contribution in [2.24, 2.45) is 5.10 Å². The third kappa shape index (κ3) is 4.31. The number of para-hydroxylation sites is 1. The Labute approximate surface area is 153 Å². The third-order valence-electron chi connectivity index (χ3n) is 3.54. The van der Waals surface area contributed by atoms with E-state index in [1.807, 2.05) is 0 Å². The van der Waals surface area contributed by atoms with Gasteiger partial charge in [-0.2, -0.15) is 5.10 Å². The van der Waals surface area contributed by atoms with Crippen molar-refractivity contribution in [3.05, 3.63) is 77.7 Å². The Morgan fingerprint density at radius 2 is 1.78 bits per heavy atom. The maximum atomic E-state index is 12.4. The molecule has 0 aliphatic carbocycles. The van der Waals surface area contributed by atoms with Crippen molar-refractivity contribution >= 4 is 23.7 Å². The van der Waals surface area contributed by atoms with Crippen LogP contribution in [0, 0.1) is 0 Å². The van der Waals surface area contributed by atoms with Gasteiger partial charge in [0.15, 0.2) is 17.3 Å². The quantitative estimate of drug-likeness (QED) is 0.314. The van der Waals surface area contributed by atoms with E-state index in [2.05, 4.69) is 15.8 Å². The van der Waals surface area contributed by atoms with Gasteiger partial charge < -0.3 is 19.9 Å². The highest BCUT2D eigenvalue weighted by Gasteiger charge is 2.15. The minimum absolute atomic E-state index is 0.121. The first-order valence-electron chi connectivity index (χ1n) is 7.84.